The smallest absolute Gasteiger partial charge is 0.329 e. The molecule has 0 spiro atoms. The van der Waals surface area contributed by atoms with Crippen LogP contribution in [-0.4, -0.2) is 60.4 Å². The first kappa shape index (κ1) is 25.4. The number of morpholine rings is 1. The Morgan fingerprint density at radius 1 is 0.974 bits per heavy atom. The number of halogens is 3. The Kier molecular flexibility index (Phi) is 6.75. The average molecular weight is 570 g/mol. The van der Waals surface area contributed by atoms with Crippen molar-refractivity contribution in [2.24, 2.45) is 0 Å². The van der Waals surface area contributed by atoms with E-state index in [-0.39, 0.29) is 35.3 Å². The molecule has 13 heteroatoms. The van der Waals surface area contributed by atoms with Gasteiger partial charge in [-0.3, -0.25) is 9.80 Å². The van der Waals surface area contributed by atoms with Crippen molar-refractivity contribution in [3.63, 3.8) is 0 Å². The Balaban J connectivity index is 1.40. The van der Waals surface area contributed by atoms with Gasteiger partial charge in [0.05, 0.1) is 40.2 Å². The lowest BCUT2D eigenvalue weighted by molar-refractivity contribution is 0.122. The Hall–Kier alpha value is -3.87. The molecule has 0 aliphatic carbocycles. The summed E-state index contributed by atoms with van der Waals surface area (Å²) in [6.07, 6.45) is 1.53. The van der Waals surface area contributed by atoms with Gasteiger partial charge < -0.3 is 15.4 Å². The van der Waals surface area contributed by atoms with Crippen molar-refractivity contribution >= 4 is 51.4 Å². The number of ether oxygens (including phenoxy) is 1. The minimum Gasteiger partial charge on any atom is -0.378 e. The number of urea groups is 1. The van der Waals surface area contributed by atoms with Gasteiger partial charge in [0, 0.05) is 37.9 Å². The van der Waals surface area contributed by atoms with Crippen LogP contribution in [0.2, 0.25) is 5.02 Å². The van der Waals surface area contributed by atoms with Crippen molar-refractivity contribution in [1.82, 2.24) is 15.0 Å². The number of benzene rings is 2. The van der Waals surface area contributed by atoms with Crippen molar-refractivity contribution in [1.29, 1.82) is 0 Å². The zero-order valence-corrected chi connectivity index (χ0v) is 22.1. The number of hydrogen-bond donors (Lipinski definition) is 1. The van der Waals surface area contributed by atoms with Gasteiger partial charge in [-0.2, -0.15) is 0 Å². The van der Waals surface area contributed by atoms with Crippen LogP contribution in [0.15, 0.2) is 48.7 Å². The number of thiazole rings is 1. The predicted octanol–water partition coefficient (Wildman–Crippen LogP) is 5.06. The summed E-state index contributed by atoms with van der Waals surface area (Å²) in [5.41, 5.74) is 7.54. The second kappa shape index (κ2) is 10.4. The van der Waals surface area contributed by atoms with Crippen molar-refractivity contribution in [3.05, 3.63) is 65.3 Å². The second-order valence-corrected chi connectivity index (χ2v) is 10.3. The van der Waals surface area contributed by atoms with E-state index >= 15 is 4.39 Å². The number of nitrogens with two attached hydrogens (primary N) is 1. The molecule has 200 valence electrons. The summed E-state index contributed by atoms with van der Waals surface area (Å²) in [4.78, 5) is 31.9. The van der Waals surface area contributed by atoms with E-state index in [0.29, 0.717) is 53.4 Å². The lowest BCUT2D eigenvalue weighted by Crippen LogP contribution is -2.36. The summed E-state index contributed by atoms with van der Waals surface area (Å²) in [7, 11) is 0. The van der Waals surface area contributed by atoms with E-state index in [1.54, 1.807) is 24.3 Å². The van der Waals surface area contributed by atoms with E-state index in [0.717, 1.165) is 6.07 Å². The zero-order valence-electron chi connectivity index (χ0n) is 20.5. The van der Waals surface area contributed by atoms with Crippen LogP contribution in [-0.2, 0) is 4.74 Å². The van der Waals surface area contributed by atoms with Gasteiger partial charge in [-0.1, -0.05) is 35.1 Å². The van der Waals surface area contributed by atoms with Crippen molar-refractivity contribution < 1.29 is 18.3 Å². The third-order valence-electron chi connectivity index (χ3n) is 6.54. The Labute approximate surface area is 231 Å². The number of amides is 2. The first-order chi connectivity index (χ1) is 18.9. The summed E-state index contributed by atoms with van der Waals surface area (Å²) in [5.74, 6) is -0.998. The number of nitrogens with zero attached hydrogens (tertiary/aromatic N) is 6. The molecule has 0 saturated carbocycles. The molecule has 2 aromatic carbocycles. The molecule has 2 saturated heterocycles. The van der Waals surface area contributed by atoms with Gasteiger partial charge in [0.25, 0.3) is 0 Å². The van der Waals surface area contributed by atoms with Crippen LogP contribution in [0.4, 0.5) is 36.0 Å². The number of aromatic nitrogens is 3. The highest BCUT2D eigenvalue weighted by Crippen LogP contribution is 2.43. The molecule has 0 atom stereocenters. The Bertz CT molecular complexity index is 1560. The van der Waals surface area contributed by atoms with E-state index in [2.05, 4.69) is 14.9 Å². The van der Waals surface area contributed by atoms with Gasteiger partial charge in [0.15, 0.2) is 10.9 Å². The maximum atomic E-state index is 16.3. The molecule has 39 heavy (non-hydrogen) atoms. The van der Waals surface area contributed by atoms with Crippen LogP contribution in [0, 0.1) is 11.6 Å². The molecule has 2 aliphatic heterocycles. The van der Waals surface area contributed by atoms with E-state index in [9.17, 15) is 9.18 Å². The molecule has 9 nitrogen and oxygen atoms in total. The van der Waals surface area contributed by atoms with Crippen LogP contribution < -0.4 is 20.4 Å². The number of anilines is 4. The van der Waals surface area contributed by atoms with Crippen molar-refractivity contribution in [2.75, 3.05) is 59.8 Å². The lowest BCUT2D eigenvalue weighted by atomic mass is 10.1. The minimum absolute atomic E-state index is 0.0794. The van der Waals surface area contributed by atoms with E-state index < -0.39 is 17.7 Å². The average Bonchev–Trinajstić information content (AvgIpc) is 3.54. The topological polar surface area (TPSA) is 101 Å². The lowest BCUT2D eigenvalue weighted by Gasteiger charge is -2.26. The van der Waals surface area contributed by atoms with Crippen LogP contribution in [0.1, 0.15) is 0 Å². The molecule has 2 aromatic heterocycles. The number of rotatable bonds is 5. The third kappa shape index (κ3) is 4.75. The van der Waals surface area contributed by atoms with Gasteiger partial charge >= 0.3 is 6.03 Å². The van der Waals surface area contributed by atoms with Gasteiger partial charge in [0.2, 0.25) is 5.95 Å². The zero-order chi connectivity index (χ0) is 27.1. The van der Waals surface area contributed by atoms with Crippen molar-refractivity contribution in [2.45, 2.75) is 0 Å². The molecule has 0 unspecified atom stereocenters. The molecule has 2 fully saturated rings. The van der Waals surface area contributed by atoms with Crippen LogP contribution >= 0.6 is 22.9 Å². The molecule has 0 bridgehead atoms. The first-order valence-corrected chi connectivity index (χ1v) is 13.4. The summed E-state index contributed by atoms with van der Waals surface area (Å²) in [6.45, 7) is 2.95. The highest BCUT2D eigenvalue weighted by atomic mass is 35.5. The fraction of sp³-hybridized carbons (Fsp3) is 0.231. The summed E-state index contributed by atoms with van der Waals surface area (Å²) in [6, 6.07) is 9.94. The van der Waals surface area contributed by atoms with Gasteiger partial charge in [-0.25, -0.2) is 28.5 Å². The van der Waals surface area contributed by atoms with E-state index in [1.165, 1.54) is 39.5 Å². The van der Waals surface area contributed by atoms with Gasteiger partial charge in [0.1, 0.15) is 11.5 Å². The normalized spacial score (nSPS) is 15.9. The summed E-state index contributed by atoms with van der Waals surface area (Å²) >= 11 is 7.53. The number of carbonyl (C=O) groups excluding carboxylic acids is 1. The maximum absolute atomic E-state index is 16.3. The van der Waals surface area contributed by atoms with Crippen molar-refractivity contribution in [3.8, 4) is 21.8 Å². The Morgan fingerprint density at radius 2 is 1.74 bits per heavy atom. The molecule has 2 amide bonds. The molecule has 4 heterocycles. The minimum atomic E-state index is -0.571. The SMILES string of the molecule is Nc1nccc(-c2nc(N3CCOCC3)sc2-c2cccc(N3CCN(c4ccc(F)cc4Cl)C3=O)c2F)n1. The highest BCUT2D eigenvalue weighted by molar-refractivity contribution is 7.19. The number of carbonyl (C=O) groups is 1. The molecule has 4 aromatic rings. The van der Waals surface area contributed by atoms with Crippen LogP contribution in [0.5, 0.6) is 0 Å². The standard InChI is InChI=1S/C26H22ClF2N7O2S/c27-17-14-15(28)4-5-19(17)35-8-9-36(26(35)37)20-3-1-2-16(21(20)29)23-22(18-6-7-31-24(30)32-18)33-25(39-23)34-10-12-38-13-11-34/h1-7,14H,8-13H2,(H2,30,31,32). The first-order valence-electron chi connectivity index (χ1n) is 12.2. The van der Waals surface area contributed by atoms with Gasteiger partial charge in [-0.15, -0.1) is 0 Å². The van der Waals surface area contributed by atoms with Crippen LogP contribution in [0.25, 0.3) is 21.8 Å². The molecular formula is C26H22ClF2N7O2S. The quantitative estimate of drug-likeness (QED) is 0.358. The molecule has 2 N–H and O–H groups in total. The largest absolute Gasteiger partial charge is 0.378 e. The molecule has 0 radical (unpaired) electrons. The Morgan fingerprint density at radius 3 is 2.49 bits per heavy atom. The predicted molar refractivity (Wildman–Crippen MR) is 147 cm³/mol. The molecule has 2 aliphatic rings. The second-order valence-electron chi connectivity index (χ2n) is 8.89. The molecule has 6 rings (SSSR count). The highest BCUT2D eigenvalue weighted by Gasteiger charge is 2.34. The van der Waals surface area contributed by atoms with Gasteiger partial charge in [-0.05, 0) is 30.3 Å². The van der Waals surface area contributed by atoms with E-state index in [4.69, 9.17) is 27.1 Å². The summed E-state index contributed by atoms with van der Waals surface area (Å²) < 4.78 is 35.3. The fourth-order valence-corrected chi connectivity index (χ4v) is 6.06. The van der Waals surface area contributed by atoms with Crippen LogP contribution in [0.3, 0.4) is 0 Å². The summed E-state index contributed by atoms with van der Waals surface area (Å²) in [5, 5.41) is 0.813. The maximum Gasteiger partial charge on any atom is 0.329 e. The number of hydrogen-bond acceptors (Lipinski definition) is 8. The molecular weight excluding hydrogens is 548 g/mol. The van der Waals surface area contributed by atoms with E-state index in [1.807, 2.05) is 0 Å². The number of nitrogen functional groups attached to an aromatic ring is 1. The third-order valence-corrected chi connectivity index (χ3v) is 7.99. The monoisotopic (exact) mass is 569 g/mol. The fourth-order valence-electron chi connectivity index (χ4n) is 4.65.